The van der Waals surface area contributed by atoms with E-state index in [1.54, 1.807) is 0 Å². The second-order valence-electron chi connectivity index (χ2n) is 7.04. The zero-order chi connectivity index (χ0) is 14.9. The second-order valence-corrected chi connectivity index (χ2v) is 7.04. The van der Waals surface area contributed by atoms with Crippen LogP contribution in [0.2, 0.25) is 0 Å². The van der Waals surface area contributed by atoms with Gasteiger partial charge in [-0.3, -0.25) is 0 Å². The average molecular weight is 288 g/mol. The Balaban J connectivity index is 1.70. The van der Waals surface area contributed by atoms with Gasteiger partial charge >= 0.3 is 0 Å². The minimum absolute atomic E-state index is 0.282. The van der Waals surface area contributed by atoms with E-state index >= 15 is 0 Å². The summed E-state index contributed by atoms with van der Waals surface area (Å²) in [6, 6.07) is 10.6. The van der Waals surface area contributed by atoms with Gasteiger partial charge in [0.25, 0.3) is 0 Å². The molecule has 0 aliphatic heterocycles. The Bertz CT molecular complexity index is 448. The van der Waals surface area contributed by atoms with Crippen LogP contribution in [0.5, 0.6) is 0 Å². The first kappa shape index (κ1) is 15.1. The summed E-state index contributed by atoms with van der Waals surface area (Å²) in [6.45, 7) is 5.06. The van der Waals surface area contributed by atoms with Crippen molar-refractivity contribution in [3.8, 4) is 0 Å². The lowest BCUT2D eigenvalue weighted by atomic mass is 9.74. The quantitative estimate of drug-likeness (QED) is 0.882. The summed E-state index contributed by atoms with van der Waals surface area (Å²) in [5, 5.41) is 11.0. The van der Waals surface area contributed by atoms with Crippen LogP contribution in [-0.4, -0.2) is 23.4 Å². The van der Waals surface area contributed by atoms with Crippen molar-refractivity contribution in [1.29, 1.82) is 0 Å². The van der Waals surface area contributed by atoms with Crippen molar-refractivity contribution >= 4 is 0 Å². The van der Waals surface area contributed by atoms with Gasteiger partial charge in [0.2, 0.25) is 0 Å². The van der Waals surface area contributed by atoms with E-state index in [2.05, 4.69) is 37.3 Å². The van der Waals surface area contributed by atoms with Crippen molar-refractivity contribution in [2.24, 2.45) is 11.8 Å². The van der Waals surface area contributed by atoms with Gasteiger partial charge in [0.05, 0.1) is 11.7 Å². The SMILES string of the molecule is CCOC1(C(O)C2CC2c2ccccc2)CCC(C)CC1. The maximum Gasteiger partial charge on any atom is 0.0943 e. The van der Waals surface area contributed by atoms with E-state index in [4.69, 9.17) is 4.74 Å². The van der Waals surface area contributed by atoms with Crippen molar-refractivity contribution in [3.05, 3.63) is 35.9 Å². The number of benzene rings is 1. The van der Waals surface area contributed by atoms with E-state index < -0.39 is 0 Å². The Morgan fingerprint density at radius 3 is 2.52 bits per heavy atom. The van der Waals surface area contributed by atoms with Crippen LogP contribution >= 0.6 is 0 Å². The van der Waals surface area contributed by atoms with E-state index in [0.29, 0.717) is 18.4 Å². The topological polar surface area (TPSA) is 29.5 Å². The van der Waals surface area contributed by atoms with Crippen LogP contribution in [0.1, 0.15) is 57.4 Å². The number of ether oxygens (including phenoxy) is 1. The highest BCUT2D eigenvalue weighted by molar-refractivity contribution is 5.27. The first-order valence-corrected chi connectivity index (χ1v) is 8.53. The van der Waals surface area contributed by atoms with Gasteiger partial charge in [-0.25, -0.2) is 0 Å². The lowest BCUT2D eigenvalue weighted by Crippen LogP contribution is -2.49. The van der Waals surface area contributed by atoms with Crippen molar-refractivity contribution in [2.45, 2.75) is 63.6 Å². The minimum Gasteiger partial charge on any atom is -0.390 e. The van der Waals surface area contributed by atoms with Crippen molar-refractivity contribution in [3.63, 3.8) is 0 Å². The normalized spacial score (nSPS) is 37.2. The monoisotopic (exact) mass is 288 g/mol. The van der Waals surface area contributed by atoms with Crippen LogP contribution in [0.3, 0.4) is 0 Å². The van der Waals surface area contributed by atoms with Crippen LogP contribution in [0.25, 0.3) is 0 Å². The molecule has 0 heterocycles. The predicted molar refractivity (Wildman–Crippen MR) is 85.3 cm³/mol. The van der Waals surface area contributed by atoms with E-state index in [1.807, 2.05) is 6.92 Å². The molecule has 21 heavy (non-hydrogen) atoms. The van der Waals surface area contributed by atoms with Gasteiger partial charge in [-0.1, -0.05) is 37.3 Å². The molecular formula is C19H28O2. The highest BCUT2D eigenvalue weighted by atomic mass is 16.5. The summed E-state index contributed by atoms with van der Waals surface area (Å²) in [5.41, 5.74) is 1.09. The molecule has 3 rings (SSSR count). The maximum absolute atomic E-state index is 11.0. The first-order chi connectivity index (χ1) is 10.2. The average Bonchev–Trinajstić information content (AvgIpc) is 3.31. The summed E-state index contributed by atoms with van der Waals surface area (Å²) in [7, 11) is 0. The predicted octanol–water partition coefficient (Wildman–Crippen LogP) is 4.14. The summed E-state index contributed by atoms with van der Waals surface area (Å²) in [4.78, 5) is 0. The Hall–Kier alpha value is -0.860. The van der Waals surface area contributed by atoms with Gasteiger partial charge in [-0.2, -0.15) is 0 Å². The smallest absolute Gasteiger partial charge is 0.0943 e. The molecule has 0 aromatic heterocycles. The summed E-state index contributed by atoms with van der Waals surface area (Å²) in [6.07, 6.45) is 5.19. The Morgan fingerprint density at radius 1 is 1.24 bits per heavy atom. The largest absolute Gasteiger partial charge is 0.390 e. The van der Waals surface area contributed by atoms with E-state index in [9.17, 15) is 5.11 Å². The van der Waals surface area contributed by atoms with Gasteiger partial charge in [0.15, 0.2) is 0 Å². The molecule has 2 aliphatic rings. The fraction of sp³-hybridized carbons (Fsp3) is 0.684. The molecule has 2 nitrogen and oxygen atoms in total. The molecule has 1 N–H and O–H groups in total. The van der Waals surface area contributed by atoms with Crippen LogP contribution in [-0.2, 0) is 4.74 Å². The number of rotatable bonds is 5. The van der Waals surface area contributed by atoms with E-state index in [0.717, 1.165) is 25.2 Å². The van der Waals surface area contributed by atoms with Gasteiger partial charge in [-0.15, -0.1) is 0 Å². The fourth-order valence-electron chi connectivity index (χ4n) is 4.10. The molecule has 2 fully saturated rings. The van der Waals surface area contributed by atoms with Crippen molar-refractivity contribution < 1.29 is 9.84 Å². The maximum atomic E-state index is 11.0. The molecule has 0 spiro atoms. The molecule has 0 amide bonds. The molecular weight excluding hydrogens is 260 g/mol. The van der Waals surface area contributed by atoms with Gasteiger partial charge < -0.3 is 9.84 Å². The van der Waals surface area contributed by atoms with Gasteiger partial charge in [0.1, 0.15) is 0 Å². The van der Waals surface area contributed by atoms with Crippen LogP contribution in [0, 0.1) is 11.8 Å². The number of aliphatic hydroxyl groups is 1. The number of hydrogen-bond donors (Lipinski definition) is 1. The highest BCUT2D eigenvalue weighted by Crippen LogP contribution is 2.54. The Morgan fingerprint density at radius 2 is 1.90 bits per heavy atom. The molecule has 2 heteroatoms. The molecule has 2 aliphatic carbocycles. The van der Waals surface area contributed by atoms with Gasteiger partial charge in [0, 0.05) is 6.61 Å². The minimum atomic E-state index is -0.310. The summed E-state index contributed by atoms with van der Waals surface area (Å²) < 4.78 is 6.12. The van der Waals surface area contributed by atoms with E-state index in [-0.39, 0.29) is 11.7 Å². The molecule has 116 valence electrons. The number of aliphatic hydroxyl groups excluding tert-OH is 1. The third-order valence-electron chi connectivity index (χ3n) is 5.56. The van der Waals surface area contributed by atoms with Crippen LogP contribution in [0.15, 0.2) is 30.3 Å². The third kappa shape index (κ3) is 3.02. The summed E-state index contributed by atoms with van der Waals surface area (Å²) in [5.74, 6) is 1.68. The molecule has 3 unspecified atom stereocenters. The van der Waals surface area contributed by atoms with Crippen LogP contribution in [0.4, 0.5) is 0 Å². The first-order valence-electron chi connectivity index (χ1n) is 8.53. The molecule has 0 bridgehead atoms. The molecule has 1 aromatic carbocycles. The molecule has 1 aromatic rings. The lowest BCUT2D eigenvalue weighted by Gasteiger charge is -2.43. The molecule has 3 atom stereocenters. The van der Waals surface area contributed by atoms with E-state index in [1.165, 1.54) is 18.4 Å². The zero-order valence-electron chi connectivity index (χ0n) is 13.3. The lowest BCUT2D eigenvalue weighted by molar-refractivity contribution is -0.151. The zero-order valence-corrected chi connectivity index (χ0v) is 13.3. The Labute approximate surface area is 128 Å². The Kier molecular flexibility index (Phi) is 4.37. The van der Waals surface area contributed by atoms with Crippen molar-refractivity contribution in [2.75, 3.05) is 6.61 Å². The highest BCUT2D eigenvalue weighted by Gasteiger charge is 2.53. The van der Waals surface area contributed by atoms with Gasteiger partial charge in [-0.05, 0) is 62.3 Å². The number of hydrogen-bond acceptors (Lipinski definition) is 2. The molecule has 2 saturated carbocycles. The standard InChI is InChI=1S/C19H28O2/c1-3-21-19(11-9-14(2)10-12-19)18(20)17-13-16(17)15-7-5-4-6-8-15/h4-8,14,16-18,20H,3,9-13H2,1-2H3. The fourth-order valence-corrected chi connectivity index (χ4v) is 4.10. The molecule has 0 saturated heterocycles. The molecule has 0 radical (unpaired) electrons. The summed E-state index contributed by atoms with van der Waals surface area (Å²) >= 11 is 0. The van der Waals surface area contributed by atoms with Crippen LogP contribution < -0.4 is 0 Å². The van der Waals surface area contributed by atoms with Crippen molar-refractivity contribution in [1.82, 2.24) is 0 Å². The second kappa shape index (κ2) is 6.10. The third-order valence-corrected chi connectivity index (χ3v) is 5.56.